The predicted octanol–water partition coefficient (Wildman–Crippen LogP) is 0.977. The SMILES string of the molecule is NC(=O)c1nc2cc(N)ccc2s1. The molecule has 0 saturated heterocycles. The van der Waals surface area contributed by atoms with Gasteiger partial charge in [0, 0.05) is 5.69 Å². The Kier molecular flexibility index (Phi) is 1.66. The first-order valence-corrected chi connectivity index (χ1v) is 4.44. The molecule has 1 aromatic carbocycles. The van der Waals surface area contributed by atoms with E-state index in [1.54, 1.807) is 12.1 Å². The van der Waals surface area contributed by atoms with Crippen LogP contribution in [0, 0.1) is 0 Å². The average molecular weight is 193 g/mol. The van der Waals surface area contributed by atoms with Gasteiger partial charge in [-0.2, -0.15) is 0 Å². The Morgan fingerprint density at radius 3 is 2.92 bits per heavy atom. The maximum atomic E-state index is 10.8. The maximum Gasteiger partial charge on any atom is 0.277 e. The summed E-state index contributed by atoms with van der Waals surface area (Å²) >= 11 is 1.27. The Morgan fingerprint density at radius 1 is 1.46 bits per heavy atom. The van der Waals surface area contributed by atoms with Gasteiger partial charge in [0.1, 0.15) is 0 Å². The molecule has 0 aliphatic carbocycles. The summed E-state index contributed by atoms with van der Waals surface area (Å²) in [7, 11) is 0. The Bertz CT molecular complexity index is 477. The molecule has 13 heavy (non-hydrogen) atoms. The number of thiazole rings is 1. The molecule has 4 nitrogen and oxygen atoms in total. The Hall–Kier alpha value is -1.62. The Balaban J connectivity index is 2.68. The standard InChI is InChI=1S/C8H7N3OS/c9-4-1-2-6-5(3-4)11-8(13-6)7(10)12/h1-3H,9H2,(H2,10,12). The number of nitrogens with two attached hydrogens (primary N) is 2. The van der Waals surface area contributed by atoms with E-state index in [9.17, 15) is 4.79 Å². The number of hydrogen-bond donors (Lipinski definition) is 2. The van der Waals surface area contributed by atoms with E-state index >= 15 is 0 Å². The van der Waals surface area contributed by atoms with Gasteiger partial charge in [0.2, 0.25) is 0 Å². The first-order chi connectivity index (χ1) is 6.16. The minimum atomic E-state index is -0.500. The van der Waals surface area contributed by atoms with Gasteiger partial charge in [-0.25, -0.2) is 4.98 Å². The molecule has 0 radical (unpaired) electrons. The van der Waals surface area contributed by atoms with Gasteiger partial charge in [0.05, 0.1) is 10.2 Å². The van der Waals surface area contributed by atoms with Crippen molar-refractivity contribution in [3.05, 3.63) is 23.2 Å². The molecular weight excluding hydrogens is 186 g/mol. The van der Waals surface area contributed by atoms with Crippen LogP contribution in [-0.2, 0) is 0 Å². The minimum absolute atomic E-state index is 0.320. The first-order valence-electron chi connectivity index (χ1n) is 3.62. The number of anilines is 1. The first kappa shape index (κ1) is 8.00. The van der Waals surface area contributed by atoms with E-state index < -0.39 is 5.91 Å². The second-order valence-corrected chi connectivity index (χ2v) is 3.64. The fourth-order valence-electron chi connectivity index (χ4n) is 1.05. The molecule has 0 unspecified atom stereocenters. The van der Waals surface area contributed by atoms with Gasteiger partial charge in [0.15, 0.2) is 5.01 Å². The van der Waals surface area contributed by atoms with Gasteiger partial charge in [0.25, 0.3) is 5.91 Å². The van der Waals surface area contributed by atoms with Crippen molar-refractivity contribution in [1.29, 1.82) is 0 Å². The average Bonchev–Trinajstić information content (AvgIpc) is 2.46. The molecule has 2 rings (SSSR count). The number of rotatable bonds is 1. The second kappa shape index (κ2) is 2.70. The van der Waals surface area contributed by atoms with E-state index in [2.05, 4.69) is 4.98 Å². The molecule has 1 aromatic heterocycles. The summed E-state index contributed by atoms with van der Waals surface area (Å²) in [4.78, 5) is 14.8. The number of nitrogen functional groups attached to an aromatic ring is 1. The van der Waals surface area contributed by atoms with Crippen molar-refractivity contribution in [1.82, 2.24) is 4.98 Å². The minimum Gasteiger partial charge on any atom is -0.399 e. The van der Waals surface area contributed by atoms with Crippen LogP contribution in [0.3, 0.4) is 0 Å². The number of nitrogens with zero attached hydrogens (tertiary/aromatic N) is 1. The Labute approximate surface area is 78.2 Å². The van der Waals surface area contributed by atoms with E-state index in [1.807, 2.05) is 6.07 Å². The number of primary amides is 1. The number of fused-ring (bicyclic) bond motifs is 1. The molecule has 0 spiro atoms. The summed E-state index contributed by atoms with van der Waals surface area (Å²) in [6, 6.07) is 5.32. The van der Waals surface area contributed by atoms with Crippen LogP contribution in [0.15, 0.2) is 18.2 Å². The zero-order valence-corrected chi connectivity index (χ0v) is 7.47. The fourth-order valence-corrected chi connectivity index (χ4v) is 1.85. The number of aromatic nitrogens is 1. The van der Waals surface area contributed by atoms with Crippen LogP contribution >= 0.6 is 11.3 Å². The number of amides is 1. The van der Waals surface area contributed by atoms with Crippen LogP contribution in [0.2, 0.25) is 0 Å². The smallest absolute Gasteiger partial charge is 0.277 e. The highest BCUT2D eigenvalue weighted by molar-refractivity contribution is 7.20. The monoisotopic (exact) mass is 193 g/mol. The summed E-state index contributed by atoms with van der Waals surface area (Å²) in [5.74, 6) is -0.500. The molecule has 66 valence electrons. The molecule has 1 heterocycles. The van der Waals surface area contributed by atoms with E-state index in [0.29, 0.717) is 10.7 Å². The molecular formula is C8H7N3OS. The highest BCUT2D eigenvalue weighted by Crippen LogP contribution is 2.23. The molecule has 0 aliphatic rings. The van der Waals surface area contributed by atoms with Crippen LogP contribution in [0.25, 0.3) is 10.2 Å². The van der Waals surface area contributed by atoms with Crippen molar-refractivity contribution in [2.75, 3.05) is 5.73 Å². The van der Waals surface area contributed by atoms with E-state index in [0.717, 1.165) is 10.2 Å². The summed E-state index contributed by atoms with van der Waals surface area (Å²) in [6.07, 6.45) is 0. The normalized spacial score (nSPS) is 10.5. The van der Waals surface area contributed by atoms with Gasteiger partial charge >= 0.3 is 0 Å². The van der Waals surface area contributed by atoms with Crippen molar-refractivity contribution in [2.24, 2.45) is 5.73 Å². The van der Waals surface area contributed by atoms with Gasteiger partial charge in [-0.15, -0.1) is 11.3 Å². The van der Waals surface area contributed by atoms with Crippen LogP contribution < -0.4 is 11.5 Å². The van der Waals surface area contributed by atoms with Crippen molar-refractivity contribution < 1.29 is 4.79 Å². The quantitative estimate of drug-likeness (QED) is 0.662. The summed E-state index contributed by atoms with van der Waals surface area (Å²) in [5, 5.41) is 0.320. The van der Waals surface area contributed by atoms with Crippen LogP contribution in [0.1, 0.15) is 9.80 Å². The van der Waals surface area contributed by atoms with Crippen LogP contribution in [0.5, 0.6) is 0 Å². The lowest BCUT2D eigenvalue weighted by Gasteiger charge is -1.89. The third-order valence-corrected chi connectivity index (χ3v) is 2.67. The van der Waals surface area contributed by atoms with Crippen molar-refractivity contribution in [3.63, 3.8) is 0 Å². The molecule has 1 amide bonds. The topological polar surface area (TPSA) is 82.0 Å². The van der Waals surface area contributed by atoms with Gasteiger partial charge in [-0.3, -0.25) is 4.79 Å². The summed E-state index contributed by atoms with van der Waals surface area (Å²) in [6.45, 7) is 0. The van der Waals surface area contributed by atoms with Crippen LogP contribution in [0.4, 0.5) is 5.69 Å². The van der Waals surface area contributed by atoms with E-state index in [4.69, 9.17) is 11.5 Å². The third kappa shape index (κ3) is 1.33. The highest BCUT2D eigenvalue weighted by atomic mass is 32.1. The maximum absolute atomic E-state index is 10.8. The lowest BCUT2D eigenvalue weighted by atomic mass is 10.3. The molecule has 0 aliphatic heterocycles. The number of carbonyl (C=O) groups is 1. The fraction of sp³-hybridized carbons (Fsp3) is 0. The molecule has 0 atom stereocenters. The van der Waals surface area contributed by atoms with Gasteiger partial charge in [-0.05, 0) is 18.2 Å². The summed E-state index contributed by atoms with van der Waals surface area (Å²) < 4.78 is 0.919. The molecule has 0 fully saturated rings. The molecule has 5 heteroatoms. The van der Waals surface area contributed by atoms with Crippen LogP contribution in [-0.4, -0.2) is 10.9 Å². The Morgan fingerprint density at radius 2 is 2.23 bits per heavy atom. The van der Waals surface area contributed by atoms with Crippen molar-refractivity contribution in [2.45, 2.75) is 0 Å². The number of carbonyl (C=O) groups excluding carboxylic acids is 1. The lowest BCUT2D eigenvalue weighted by molar-refractivity contribution is 0.1000. The van der Waals surface area contributed by atoms with E-state index in [-0.39, 0.29) is 0 Å². The van der Waals surface area contributed by atoms with Gasteiger partial charge < -0.3 is 11.5 Å². The molecule has 0 saturated carbocycles. The van der Waals surface area contributed by atoms with E-state index in [1.165, 1.54) is 11.3 Å². The third-order valence-electron chi connectivity index (χ3n) is 1.62. The molecule has 0 bridgehead atoms. The second-order valence-electron chi connectivity index (χ2n) is 2.61. The zero-order valence-electron chi connectivity index (χ0n) is 6.65. The summed E-state index contributed by atoms with van der Waals surface area (Å²) in [5.41, 5.74) is 12.0. The predicted molar refractivity (Wildman–Crippen MR) is 52.6 cm³/mol. The van der Waals surface area contributed by atoms with Crippen molar-refractivity contribution in [3.8, 4) is 0 Å². The van der Waals surface area contributed by atoms with Gasteiger partial charge in [-0.1, -0.05) is 0 Å². The van der Waals surface area contributed by atoms with Crippen molar-refractivity contribution >= 4 is 33.1 Å². The zero-order chi connectivity index (χ0) is 9.42. The number of benzene rings is 1. The molecule has 4 N–H and O–H groups in total. The highest BCUT2D eigenvalue weighted by Gasteiger charge is 2.07. The lowest BCUT2D eigenvalue weighted by Crippen LogP contribution is -2.09. The largest absolute Gasteiger partial charge is 0.399 e. The number of hydrogen-bond acceptors (Lipinski definition) is 4. The molecule has 2 aromatic rings.